The topological polar surface area (TPSA) is 102 Å². The SMILES string of the molecule is COc1ccc(S(=O)(=O)N2CCCCCC2)cc1C(=O)NCCCCN.Cl. The Kier molecular flexibility index (Phi) is 10.1. The second kappa shape index (κ2) is 11.5. The van der Waals surface area contributed by atoms with E-state index in [4.69, 9.17) is 10.5 Å². The van der Waals surface area contributed by atoms with Crippen LogP contribution in [0.5, 0.6) is 5.75 Å². The van der Waals surface area contributed by atoms with Crippen LogP contribution in [0.2, 0.25) is 0 Å². The number of methoxy groups -OCH3 is 1. The molecule has 0 bridgehead atoms. The van der Waals surface area contributed by atoms with Gasteiger partial charge in [0.25, 0.3) is 5.91 Å². The minimum absolute atomic E-state index is 0. The summed E-state index contributed by atoms with van der Waals surface area (Å²) >= 11 is 0. The molecule has 1 aliphatic heterocycles. The number of carbonyl (C=O) groups is 1. The molecule has 1 aromatic rings. The molecule has 0 aromatic heterocycles. The predicted molar refractivity (Wildman–Crippen MR) is 108 cm³/mol. The van der Waals surface area contributed by atoms with Crippen molar-refractivity contribution in [3.05, 3.63) is 23.8 Å². The van der Waals surface area contributed by atoms with E-state index in [1.807, 2.05) is 0 Å². The van der Waals surface area contributed by atoms with Gasteiger partial charge in [-0.2, -0.15) is 4.31 Å². The van der Waals surface area contributed by atoms with Crippen molar-refractivity contribution in [1.29, 1.82) is 0 Å². The Bertz CT molecular complexity index is 705. The molecule has 3 N–H and O–H groups in total. The Morgan fingerprint density at radius 1 is 1.19 bits per heavy atom. The van der Waals surface area contributed by atoms with Crippen LogP contribution >= 0.6 is 12.4 Å². The zero-order valence-electron chi connectivity index (χ0n) is 15.8. The molecule has 2 rings (SSSR count). The summed E-state index contributed by atoms with van der Waals surface area (Å²) in [5.41, 5.74) is 5.68. The number of rotatable bonds is 8. The average molecular weight is 420 g/mol. The molecule has 1 fully saturated rings. The van der Waals surface area contributed by atoms with E-state index in [1.165, 1.54) is 23.5 Å². The zero-order valence-corrected chi connectivity index (χ0v) is 17.4. The van der Waals surface area contributed by atoms with Gasteiger partial charge in [-0.1, -0.05) is 12.8 Å². The van der Waals surface area contributed by atoms with E-state index < -0.39 is 10.0 Å². The first-order valence-corrected chi connectivity index (χ1v) is 10.6. The number of nitrogens with zero attached hydrogens (tertiary/aromatic N) is 1. The minimum Gasteiger partial charge on any atom is -0.496 e. The number of amides is 1. The van der Waals surface area contributed by atoms with Crippen molar-refractivity contribution in [2.45, 2.75) is 43.4 Å². The fraction of sp³-hybridized carbons (Fsp3) is 0.611. The van der Waals surface area contributed by atoms with Crippen LogP contribution < -0.4 is 15.8 Å². The molecule has 1 aromatic carbocycles. The molecule has 0 saturated carbocycles. The van der Waals surface area contributed by atoms with Gasteiger partial charge < -0.3 is 15.8 Å². The van der Waals surface area contributed by atoms with Crippen molar-refractivity contribution in [2.75, 3.05) is 33.3 Å². The highest BCUT2D eigenvalue weighted by Crippen LogP contribution is 2.26. The van der Waals surface area contributed by atoms with Gasteiger partial charge >= 0.3 is 0 Å². The molecule has 1 saturated heterocycles. The van der Waals surface area contributed by atoms with Crippen LogP contribution in [0.3, 0.4) is 0 Å². The number of nitrogens with two attached hydrogens (primary N) is 1. The molecule has 154 valence electrons. The quantitative estimate of drug-likeness (QED) is 0.628. The molecular formula is C18H30ClN3O4S. The summed E-state index contributed by atoms with van der Waals surface area (Å²) in [5, 5.41) is 2.79. The molecule has 7 nitrogen and oxygen atoms in total. The Morgan fingerprint density at radius 3 is 2.44 bits per heavy atom. The second-order valence-corrected chi connectivity index (χ2v) is 8.37. The average Bonchev–Trinajstić information content (AvgIpc) is 2.94. The first-order valence-electron chi connectivity index (χ1n) is 9.17. The fourth-order valence-electron chi connectivity index (χ4n) is 3.02. The highest BCUT2D eigenvalue weighted by molar-refractivity contribution is 7.89. The Hall–Kier alpha value is -1.35. The van der Waals surface area contributed by atoms with Crippen LogP contribution in [0.15, 0.2) is 23.1 Å². The van der Waals surface area contributed by atoms with Gasteiger partial charge in [-0.05, 0) is 50.4 Å². The smallest absolute Gasteiger partial charge is 0.255 e. The molecule has 1 amide bonds. The van der Waals surface area contributed by atoms with Crippen molar-refractivity contribution in [2.24, 2.45) is 5.73 Å². The third-order valence-corrected chi connectivity index (χ3v) is 6.43. The van der Waals surface area contributed by atoms with Gasteiger partial charge in [0.2, 0.25) is 10.0 Å². The summed E-state index contributed by atoms with van der Waals surface area (Å²) in [6, 6.07) is 4.46. The summed E-state index contributed by atoms with van der Waals surface area (Å²) in [6.45, 7) is 2.11. The number of benzene rings is 1. The van der Waals surface area contributed by atoms with Crippen molar-refractivity contribution in [1.82, 2.24) is 9.62 Å². The van der Waals surface area contributed by atoms with Gasteiger partial charge in [0, 0.05) is 19.6 Å². The molecule has 1 heterocycles. The van der Waals surface area contributed by atoms with E-state index >= 15 is 0 Å². The zero-order chi connectivity index (χ0) is 19.0. The van der Waals surface area contributed by atoms with Crippen molar-refractivity contribution in [3.63, 3.8) is 0 Å². The number of sulfonamides is 1. The molecular weight excluding hydrogens is 390 g/mol. The van der Waals surface area contributed by atoms with Gasteiger partial charge in [-0.25, -0.2) is 8.42 Å². The summed E-state index contributed by atoms with van der Waals surface area (Å²) < 4.78 is 32.7. The van der Waals surface area contributed by atoms with Crippen LogP contribution in [0.4, 0.5) is 0 Å². The standard InChI is InChI=1S/C18H29N3O4S.ClH/c1-25-17-9-8-15(14-16(17)18(22)20-11-5-4-10-19)26(23,24)21-12-6-2-3-7-13-21;/h8-9,14H,2-7,10-13,19H2,1H3,(H,20,22);1H. The monoisotopic (exact) mass is 419 g/mol. The fourth-order valence-corrected chi connectivity index (χ4v) is 4.57. The lowest BCUT2D eigenvalue weighted by molar-refractivity contribution is 0.0949. The number of halogens is 1. The Balaban J connectivity index is 0.00000364. The van der Waals surface area contributed by atoms with E-state index in [2.05, 4.69) is 5.32 Å². The van der Waals surface area contributed by atoms with Crippen molar-refractivity contribution < 1.29 is 17.9 Å². The summed E-state index contributed by atoms with van der Waals surface area (Å²) in [7, 11) is -2.15. The van der Waals surface area contributed by atoms with Crippen LogP contribution in [0, 0.1) is 0 Å². The molecule has 0 spiro atoms. The second-order valence-electron chi connectivity index (χ2n) is 6.43. The van der Waals surface area contributed by atoms with Gasteiger partial charge in [0.15, 0.2) is 0 Å². The molecule has 1 aliphatic rings. The number of hydrogen-bond donors (Lipinski definition) is 2. The van der Waals surface area contributed by atoms with Crippen LogP contribution in [0.1, 0.15) is 48.9 Å². The third-order valence-electron chi connectivity index (χ3n) is 4.53. The van der Waals surface area contributed by atoms with Gasteiger partial charge in [0.05, 0.1) is 17.6 Å². The first-order chi connectivity index (χ1) is 12.5. The van der Waals surface area contributed by atoms with E-state index in [9.17, 15) is 13.2 Å². The maximum absolute atomic E-state index is 13.0. The lowest BCUT2D eigenvalue weighted by Gasteiger charge is -2.20. The van der Waals surface area contributed by atoms with Gasteiger partial charge in [-0.3, -0.25) is 4.79 Å². The summed E-state index contributed by atoms with van der Waals surface area (Å²) in [5.74, 6) is 0.0166. The lowest BCUT2D eigenvalue weighted by atomic mass is 10.2. The van der Waals surface area contributed by atoms with Crippen molar-refractivity contribution in [3.8, 4) is 5.75 Å². The molecule has 9 heteroatoms. The summed E-state index contributed by atoms with van der Waals surface area (Å²) in [6.07, 6.45) is 5.42. The number of unbranched alkanes of at least 4 members (excludes halogenated alkanes) is 1. The maximum Gasteiger partial charge on any atom is 0.255 e. The number of nitrogens with one attached hydrogen (secondary N) is 1. The molecule has 27 heavy (non-hydrogen) atoms. The first kappa shape index (κ1) is 23.7. The van der Waals surface area contributed by atoms with Crippen LogP contribution in [0.25, 0.3) is 0 Å². The van der Waals surface area contributed by atoms with E-state index in [-0.39, 0.29) is 28.8 Å². The number of carbonyl (C=O) groups excluding carboxylic acids is 1. The Labute approximate surface area is 168 Å². The van der Waals surface area contributed by atoms with Gasteiger partial charge in [0.1, 0.15) is 5.75 Å². The third kappa shape index (κ3) is 6.34. The van der Waals surface area contributed by atoms with Gasteiger partial charge in [-0.15, -0.1) is 12.4 Å². The minimum atomic E-state index is -3.61. The molecule has 0 unspecified atom stereocenters. The summed E-state index contributed by atoms with van der Waals surface area (Å²) in [4.78, 5) is 12.6. The lowest BCUT2D eigenvalue weighted by Crippen LogP contribution is -2.32. The highest BCUT2D eigenvalue weighted by atomic mass is 35.5. The Morgan fingerprint density at radius 2 is 1.85 bits per heavy atom. The molecule has 0 atom stereocenters. The molecule has 0 radical (unpaired) electrons. The number of hydrogen-bond acceptors (Lipinski definition) is 5. The van der Waals surface area contributed by atoms with E-state index in [0.29, 0.717) is 31.9 Å². The largest absolute Gasteiger partial charge is 0.496 e. The van der Waals surface area contributed by atoms with Crippen LogP contribution in [-0.4, -0.2) is 51.9 Å². The normalized spacial score (nSPS) is 15.5. The predicted octanol–water partition coefficient (Wildman–Crippen LogP) is 2.15. The number of ether oxygens (including phenoxy) is 1. The van der Waals surface area contributed by atoms with E-state index in [0.717, 1.165) is 38.5 Å². The maximum atomic E-state index is 13.0. The highest BCUT2D eigenvalue weighted by Gasteiger charge is 2.27. The van der Waals surface area contributed by atoms with Crippen LogP contribution in [-0.2, 0) is 10.0 Å². The van der Waals surface area contributed by atoms with Crippen molar-refractivity contribution >= 4 is 28.3 Å². The molecule has 0 aliphatic carbocycles. The van der Waals surface area contributed by atoms with E-state index in [1.54, 1.807) is 6.07 Å².